The molecule has 1 saturated carbocycles. The first-order valence-corrected chi connectivity index (χ1v) is 8.31. The van der Waals surface area contributed by atoms with Crippen LogP contribution in [0.15, 0.2) is 60.8 Å². The Morgan fingerprint density at radius 2 is 1.84 bits per heavy atom. The average molecular weight is 335 g/mol. The van der Waals surface area contributed by atoms with Crippen LogP contribution in [0.5, 0.6) is 0 Å². The van der Waals surface area contributed by atoms with Crippen molar-refractivity contribution >= 4 is 5.91 Å². The summed E-state index contributed by atoms with van der Waals surface area (Å²) < 4.78 is 13.1. The van der Waals surface area contributed by atoms with Crippen molar-refractivity contribution in [2.75, 3.05) is 0 Å². The van der Waals surface area contributed by atoms with E-state index in [0.29, 0.717) is 12.4 Å². The minimum Gasteiger partial charge on any atom is -0.348 e. The van der Waals surface area contributed by atoms with Gasteiger partial charge in [-0.1, -0.05) is 42.5 Å². The van der Waals surface area contributed by atoms with Crippen molar-refractivity contribution in [3.8, 4) is 11.3 Å². The summed E-state index contributed by atoms with van der Waals surface area (Å²) in [5, 5.41) is 2.95. The van der Waals surface area contributed by atoms with Crippen molar-refractivity contribution < 1.29 is 9.18 Å². The molecule has 1 aliphatic carbocycles. The number of halogens is 1. The Balaban J connectivity index is 1.43. The summed E-state index contributed by atoms with van der Waals surface area (Å²) in [5.74, 6) is 0.392. The van der Waals surface area contributed by atoms with Gasteiger partial charge in [-0.15, -0.1) is 0 Å². The number of nitrogens with one attached hydrogen (secondary N) is 2. The van der Waals surface area contributed by atoms with Crippen LogP contribution in [0, 0.1) is 5.82 Å². The molecule has 0 aliphatic heterocycles. The predicted molar refractivity (Wildman–Crippen MR) is 93.2 cm³/mol. The molecule has 1 amide bonds. The largest absolute Gasteiger partial charge is 0.348 e. The van der Waals surface area contributed by atoms with Gasteiger partial charge in [0.15, 0.2) is 0 Å². The number of H-pyrrole nitrogens is 1. The first-order valence-electron chi connectivity index (χ1n) is 8.31. The number of benzene rings is 2. The Kier molecular flexibility index (Phi) is 3.84. The highest BCUT2D eigenvalue weighted by Crippen LogP contribution is 2.48. The lowest BCUT2D eigenvalue weighted by molar-refractivity contribution is -0.123. The number of hydrogen-bond acceptors (Lipinski definition) is 2. The Labute approximate surface area is 145 Å². The van der Waals surface area contributed by atoms with Gasteiger partial charge in [-0.2, -0.15) is 0 Å². The lowest BCUT2D eigenvalue weighted by Gasteiger charge is -2.15. The Hall–Kier alpha value is -2.95. The molecule has 0 atom stereocenters. The van der Waals surface area contributed by atoms with E-state index in [1.54, 1.807) is 18.3 Å². The molecule has 126 valence electrons. The molecule has 3 aromatic rings. The number of rotatable bonds is 5. The van der Waals surface area contributed by atoms with Crippen LogP contribution >= 0.6 is 0 Å². The maximum atomic E-state index is 13.1. The number of carbonyl (C=O) groups excluding carboxylic acids is 1. The minimum atomic E-state index is -0.511. The van der Waals surface area contributed by atoms with Gasteiger partial charge in [0, 0.05) is 0 Å². The molecule has 2 N–H and O–H groups in total. The fraction of sp³-hybridized carbons (Fsp3) is 0.200. The van der Waals surface area contributed by atoms with Gasteiger partial charge < -0.3 is 10.3 Å². The van der Waals surface area contributed by atoms with Crippen LogP contribution in [0.2, 0.25) is 0 Å². The molecule has 1 fully saturated rings. The molecular weight excluding hydrogens is 317 g/mol. The number of imidazole rings is 1. The maximum Gasteiger partial charge on any atom is 0.231 e. The molecule has 0 saturated heterocycles. The Bertz CT molecular complexity index is 883. The minimum absolute atomic E-state index is 0.0308. The van der Waals surface area contributed by atoms with E-state index in [9.17, 15) is 9.18 Å². The predicted octanol–water partition coefficient (Wildman–Crippen LogP) is 3.56. The standard InChI is InChI=1S/C20H18FN3O/c21-16-8-6-15(7-9-16)20(10-11-20)19(25)23-13-18-22-12-17(24-18)14-4-2-1-3-5-14/h1-9,12H,10-11,13H2,(H,22,24)(H,23,25). The Morgan fingerprint density at radius 3 is 2.52 bits per heavy atom. The molecule has 0 radical (unpaired) electrons. The second-order valence-electron chi connectivity index (χ2n) is 6.38. The molecule has 4 rings (SSSR count). The fourth-order valence-corrected chi connectivity index (χ4v) is 3.09. The molecule has 1 aromatic heterocycles. The van der Waals surface area contributed by atoms with E-state index in [4.69, 9.17) is 0 Å². The van der Waals surface area contributed by atoms with Crippen molar-refractivity contribution in [1.29, 1.82) is 0 Å². The third-order valence-corrected chi connectivity index (χ3v) is 4.71. The van der Waals surface area contributed by atoms with Gasteiger partial charge in [-0.05, 0) is 36.1 Å². The van der Waals surface area contributed by atoms with Crippen LogP contribution in [-0.4, -0.2) is 15.9 Å². The van der Waals surface area contributed by atoms with E-state index in [0.717, 1.165) is 29.7 Å². The molecule has 1 aliphatic rings. The normalized spacial score (nSPS) is 14.9. The SMILES string of the molecule is O=C(NCc1ncc(-c2ccccc2)[nH]1)C1(c2ccc(F)cc2)CC1. The summed E-state index contributed by atoms with van der Waals surface area (Å²) in [6.45, 7) is 0.342. The lowest BCUT2D eigenvalue weighted by Crippen LogP contribution is -2.34. The Morgan fingerprint density at radius 1 is 1.12 bits per heavy atom. The number of nitrogens with zero attached hydrogens (tertiary/aromatic N) is 1. The molecule has 0 unspecified atom stereocenters. The molecule has 25 heavy (non-hydrogen) atoms. The third kappa shape index (κ3) is 3.05. The molecule has 0 spiro atoms. The molecule has 2 aromatic carbocycles. The fourth-order valence-electron chi connectivity index (χ4n) is 3.09. The quantitative estimate of drug-likeness (QED) is 0.749. The van der Waals surface area contributed by atoms with Crippen molar-refractivity contribution in [3.05, 3.63) is 78.0 Å². The summed E-state index contributed by atoms with van der Waals surface area (Å²) in [5.41, 5.74) is 2.33. The van der Waals surface area contributed by atoms with Crippen molar-refractivity contribution in [2.45, 2.75) is 24.8 Å². The lowest BCUT2D eigenvalue weighted by atomic mass is 9.95. The number of aromatic nitrogens is 2. The van der Waals surface area contributed by atoms with E-state index in [-0.39, 0.29) is 11.7 Å². The van der Waals surface area contributed by atoms with Gasteiger partial charge in [0.1, 0.15) is 11.6 Å². The van der Waals surface area contributed by atoms with E-state index in [2.05, 4.69) is 15.3 Å². The van der Waals surface area contributed by atoms with Crippen LogP contribution < -0.4 is 5.32 Å². The van der Waals surface area contributed by atoms with Crippen LogP contribution in [0.3, 0.4) is 0 Å². The van der Waals surface area contributed by atoms with Crippen molar-refractivity contribution in [1.82, 2.24) is 15.3 Å². The second-order valence-corrected chi connectivity index (χ2v) is 6.38. The third-order valence-electron chi connectivity index (χ3n) is 4.71. The van der Waals surface area contributed by atoms with E-state index in [1.807, 2.05) is 30.3 Å². The maximum absolute atomic E-state index is 13.1. The highest BCUT2D eigenvalue weighted by atomic mass is 19.1. The first-order chi connectivity index (χ1) is 12.2. The number of aromatic amines is 1. The van der Waals surface area contributed by atoms with Gasteiger partial charge in [-0.3, -0.25) is 4.79 Å². The average Bonchev–Trinajstić information content (AvgIpc) is 3.32. The zero-order valence-electron chi connectivity index (χ0n) is 13.6. The van der Waals surface area contributed by atoms with Crippen LogP contribution in [-0.2, 0) is 16.8 Å². The van der Waals surface area contributed by atoms with Gasteiger partial charge >= 0.3 is 0 Å². The van der Waals surface area contributed by atoms with Gasteiger partial charge in [0.25, 0.3) is 0 Å². The summed E-state index contributed by atoms with van der Waals surface area (Å²) >= 11 is 0. The summed E-state index contributed by atoms with van der Waals surface area (Å²) in [6, 6.07) is 16.1. The number of carbonyl (C=O) groups is 1. The highest BCUT2D eigenvalue weighted by Gasteiger charge is 2.51. The van der Waals surface area contributed by atoms with Crippen molar-refractivity contribution in [2.24, 2.45) is 0 Å². The van der Waals surface area contributed by atoms with Gasteiger partial charge in [0.05, 0.1) is 23.9 Å². The van der Waals surface area contributed by atoms with Crippen LogP contribution in [0.25, 0.3) is 11.3 Å². The molecule has 4 nitrogen and oxygen atoms in total. The van der Waals surface area contributed by atoms with Crippen LogP contribution in [0.4, 0.5) is 4.39 Å². The van der Waals surface area contributed by atoms with Crippen molar-refractivity contribution in [3.63, 3.8) is 0 Å². The monoisotopic (exact) mass is 335 g/mol. The molecule has 1 heterocycles. The van der Waals surface area contributed by atoms with Gasteiger partial charge in [-0.25, -0.2) is 9.37 Å². The smallest absolute Gasteiger partial charge is 0.231 e. The number of hydrogen-bond donors (Lipinski definition) is 2. The topological polar surface area (TPSA) is 57.8 Å². The highest BCUT2D eigenvalue weighted by molar-refractivity contribution is 5.91. The zero-order chi connectivity index (χ0) is 17.3. The van der Waals surface area contributed by atoms with Gasteiger partial charge in [0.2, 0.25) is 5.91 Å². The second kappa shape index (κ2) is 6.16. The summed E-state index contributed by atoms with van der Waals surface area (Å²) in [4.78, 5) is 20.2. The van der Waals surface area contributed by atoms with E-state index in [1.165, 1.54) is 12.1 Å². The molecular formula is C20H18FN3O. The zero-order valence-corrected chi connectivity index (χ0v) is 13.6. The van der Waals surface area contributed by atoms with E-state index >= 15 is 0 Å². The summed E-state index contributed by atoms with van der Waals surface area (Å²) in [7, 11) is 0. The number of amides is 1. The van der Waals surface area contributed by atoms with E-state index < -0.39 is 5.41 Å². The summed E-state index contributed by atoms with van der Waals surface area (Å²) in [6.07, 6.45) is 3.35. The molecule has 0 bridgehead atoms. The molecule has 5 heteroatoms. The first kappa shape index (κ1) is 15.6. The van der Waals surface area contributed by atoms with Crippen LogP contribution in [0.1, 0.15) is 24.2 Å².